The number of hydrogen-bond acceptors (Lipinski definition) is 4. The summed E-state index contributed by atoms with van der Waals surface area (Å²) in [5.41, 5.74) is -0.477. The van der Waals surface area contributed by atoms with Crippen LogP contribution in [0.1, 0.15) is 27.7 Å². The second-order valence-electron chi connectivity index (χ2n) is 5.48. The first-order chi connectivity index (χ1) is 9.84. The molecular formula is C14H31IN4O3. The van der Waals surface area contributed by atoms with Crippen LogP contribution in [-0.4, -0.2) is 69.5 Å². The third-order valence-corrected chi connectivity index (χ3v) is 2.53. The van der Waals surface area contributed by atoms with Gasteiger partial charge in [0.05, 0.1) is 6.61 Å². The average molecular weight is 430 g/mol. The number of nitrogens with zero attached hydrogens (tertiary/aromatic N) is 2. The van der Waals surface area contributed by atoms with Crippen molar-refractivity contribution in [3.8, 4) is 0 Å². The van der Waals surface area contributed by atoms with Crippen molar-refractivity contribution in [1.82, 2.24) is 15.5 Å². The topological polar surface area (TPSA) is 75.2 Å². The summed E-state index contributed by atoms with van der Waals surface area (Å²) < 4.78 is 10.3. The number of carbonyl (C=O) groups excluding carboxylic acids is 1. The van der Waals surface area contributed by atoms with Gasteiger partial charge in [-0.15, -0.1) is 24.0 Å². The molecule has 0 radical (unpaired) electrons. The number of methoxy groups -OCH3 is 1. The lowest BCUT2D eigenvalue weighted by molar-refractivity contribution is 0.0264. The summed E-state index contributed by atoms with van der Waals surface area (Å²) in [6, 6.07) is 0. The molecule has 7 nitrogen and oxygen atoms in total. The van der Waals surface area contributed by atoms with Gasteiger partial charge in [0.15, 0.2) is 5.96 Å². The van der Waals surface area contributed by atoms with Gasteiger partial charge in [0.1, 0.15) is 5.60 Å². The molecule has 0 aromatic rings. The van der Waals surface area contributed by atoms with E-state index >= 15 is 0 Å². The Balaban J connectivity index is 0. The standard InChI is InChI=1S/C14H30N4O3.HI/c1-7-18(13(19)21-14(2,3)4)10-8-16-12(15-5)17-9-11-20-6;/h7-11H2,1-6H3,(H2,15,16,17);1H. The first-order valence-corrected chi connectivity index (χ1v) is 7.25. The summed E-state index contributed by atoms with van der Waals surface area (Å²) in [5, 5.41) is 6.25. The van der Waals surface area contributed by atoms with Crippen LogP contribution >= 0.6 is 24.0 Å². The Kier molecular flexibility index (Phi) is 13.6. The molecule has 0 heterocycles. The summed E-state index contributed by atoms with van der Waals surface area (Å²) in [7, 11) is 3.35. The first-order valence-electron chi connectivity index (χ1n) is 7.25. The number of amides is 1. The third kappa shape index (κ3) is 11.8. The molecule has 0 fully saturated rings. The predicted molar refractivity (Wildman–Crippen MR) is 100 cm³/mol. The van der Waals surface area contributed by atoms with Gasteiger partial charge in [-0.2, -0.15) is 0 Å². The fourth-order valence-electron chi connectivity index (χ4n) is 1.51. The van der Waals surface area contributed by atoms with Crippen molar-refractivity contribution in [2.24, 2.45) is 4.99 Å². The van der Waals surface area contributed by atoms with E-state index in [-0.39, 0.29) is 30.1 Å². The Morgan fingerprint density at radius 3 is 2.27 bits per heavy atom. The fraction of sp³-hybridized carbons (Fsp3) is 0.857. The van der Waals surface area contributed by atoms with E-state index in [4.69, 9.17) is 9.47 Å². The molecule has 0 spiro atoms. The van der Waals surface area contributed by atoms with Crippen LogP contribution in [0.5, 0.6) is 0 Å². The lowest BCUT2D eigenvalue weighted by Crippen LogP contribution is -2.44. The second kappa shape index (κ2) is 12.7. The summed E-state index contributed by atoms with van der Waals surface area (Å²) >= 11 is 0. The highest BCUT2D eigenvalue weighted by atomic mass is 127. The minimum atomic E-state index is -0.477. The van der Waals surface area contributed by atoms with Gasteiger partial charge in [-0.3, -0.25) is 4.99 Å². The molecule has 1 amide bonds. The lowest BCUT2D eigenvalue weighted by Gasteiger charge is -2.26. The molecule has 0 aliphatic rings. The van der Waals surface area contributed by atoms with Crippen molar-refractivity contribution in [1.29, 1.82) is 0 Å². The SMILES string of the molecule is CCN(CCNC(=NC)NCCOC)C(=O)OC(C)(C)C.I. The third-order valence-electron chi connectivity index (χ3n) is 2.53. The number of guanidine groups is 1. The van der Waals surface area contributed by atoms with Crippen LogP contribution in [0.15, 0.2) is 4.99 Å². The van der Waals surface area contributed by atoms with Gasteiger partial charge < -0.3 is 25.0 Å². The van der Waals surface area contributed by atoms with Gasteiger partial charge >= 0.3 is 6.09 Å². The number of carbonyl (C=O) groups is 1. The Bertz CT molecular complexity index is 333. The predicted octanol–water partition coefficient (Wildman–Crippen LogP) is 1.67. The van der Waals surface area contributed by atoms with Gasteiger partial charge in [0, 0.05) is 40.3 Å². The monoisotopic (exact) mass is 430 g/mol. The maximum absolute atomic E-state index is 12.0. The largest absolute Gasteiger partial charge is 0.444 e. The van der Waals surface area contributed by atoms with E-state index in [1.165, 1.54) is 0 Å². The molecule has 132 valence electrons. The van der Waals surface area contributed by atoms with E-state index in [1.54, 1.807) is 19.1 Å². The van der Waals surface area contributed by atoms with E-state index in [0.29, 0.717) is 38.7 Å². The summed E-state index contributed by atoms with van der Waals surface area (Å²) in [5.74, 6) is 0.687. The molecule has 2 N–H and O–H groups in total. The lowest BCUT2D eigenvalue weighted by atomic mass is 10.2. The van der Waals surface area contributed by atoms with Gasteiger partial charge in [-0.1, -0.05) is 0 Å². The van der Waals surface area contributed by atoms with Crippen LogP contribution in [0.25, 0.3) is 0 Å². The quantitative estimate of drug-likeness (QED) is 0.278. The van der Waals surface area contributed by atoms with E-state index in [1.807, 2.05) is 27.7 Å². The highest BCUT2D eigenvalue weighted by Gasteiger charge is 2.20. The minimum Gasteiger partial charge on any atom is -0.444 e. The van der Waals surface area contributed by atoms with E-state index < -0.39 is 5.60 Å². The molecule has 0 bridgehead atoms. The number of rotatable bonds is 7. The van der Waals surface area contributed by atoms with Gasteiger partial charge in [-0.25, -0.2) is 4.79 Å². The molecule has 0 unspecified atom stereocenters. The van der Waals surface area contributed by atoms with Crippen LogP contribution < -0.4 is 10.6 Å². The van der Waals surface area contributed by atoms with E-state index in [2.05, 4.69) is 15.6 Å². The van der Waals surface area contributed by atoms with Gasteiger partial charge in [0.2, 0.25) is 0 Å². The van der Waals surface area contributed by atoms with Crippen molar-refractivity contribution in [3.63, 3.8) is 0 Å². The molecule has 0 atom stereocenters. The summed E-state index contributed by atoms with van der Waals surface area (Å²) in [6.07, 6.45) is -0.297. The molecule has 0 rings (SSSR count). The summed E-state index contributed by atoms with van der Waals surface area (Å²) in [6.45, 7) is 10.5. The molecule has 22 heavy (non-hydrogen) atoms. The van der Waals surface area contributed by atoms with Gasteiger partial charge in [-0.05, 0) is 27.7 Å². The van der Waals surface area contributed by atoms with Crippen LogP contribution in [-0.2, 0) is 9.47 Å². The zero-order valence-electron chi connectivity index (χ0n) is 14.6. The number of likely N-dealkylation sites (N-methyl/N-ethyl adjacent to an activating group) is 1. The van der Waals surface area contributed by atoms with Crippen molar-refractivity contribution >= 4 is 36.0 Å². The van der Waals surface area contributed by atoms with Gasteiger partial charge in [0.25, 0.3) is 0 Å². The number of aliphatic imine (C=N–C) groups is 1. The highest BCUT2D eigenvalue weighted by molar-refractivity contribution is 14.0. The molecule has 8 heteroatoms. The number of nitrogens with one attached hydrogen (secondary N) is 2. The maximum Gasteiger partial charge on any atom is 0.410 e. The molecule has 0 aromatic heterocycles. The van der Waals surface area contributed by atoms with Crippen LogP contribution in [0.2, 0.25) is 0 Å². The molecule has 0 aliphatic heterocycles. The Morgan fingerprint density at radius 2 is 1.82 bits per heavy atom. The Labute approximate surface area is 151 Å². The summed E-state index contributed by atoms with van der Waals surface area (Å²) in [4.78, 5) is 17.7. The van der Waals surface area contributed by atoms with Crippen LogP contribution in [0.3, 0.4) is 0 Å². The van der Waals surface area contributed by atoms with E-state index in [0.717, 1.165) is 0 Å². The van der Waals surface area contributed by atoms with E-state index in [9.17, 15) is 4.79 Å². The zero-order chi connectivity index (χ0) is 16.3. The Hall–Kier alpha value is -0.770. The molecule has 0 aromatic carbocycles. The molecule has 0 aliphatic carbocycles. The highest BCUT2D eigenvalue weighted by Crippen LogP contribution is 2.09. The number of halogens is 1. The number of ether oxygens (including phenoxy) is 2. The number of hydrogen-bond donors (Lipinski definition) is 2. The zero-order valence-corrected chi connectivity index (χ0v) is 16.9. The van der Waals surface area contributed by atoms with Crippen LogP contribution in [0, 0.1) is 0 Å². The molecule has 0 saturated carbocycles. The first kappa shape index (κ1) is 23.5. The Morgan fingerprint density at radius 1 is 1.23 bits per heavy atom. The van der Waals surface area contributed by atoms with Crippen LogP contribution in [0.4, 0.5) is 4.79 Å². The molecule has 0 saturated heterocycles. The normalized spacial score (nSPS) is 11.5. The minimum absolute atomic E-state index is 0. The average Bonchev–Trinajstić information content (AvgIpc) is 2.39. The van der Waals surface area contributed by atoms with Crippen molar-refractivity contribution in [3.05, 3.63) is 0 Å². The van der Waals surface area contributed by atoms with Crippen molar-refractivity contribution in [2.75, 3.05) is 46.9 Å². The smallest absolute Gasteiger partial charge is 0.410 e. The maximum atomic E-state index is 12.0. The van der Waals surface area contributed by atoms with Crippen molar-refractivity contribution < 1.29 is 14.3 Å². The second-order valence-corrected chi connectivity index (χ2v) is 5.48. The fourth-order valence-corrected chi connectivity index (χ4v) is 1.51. The molecular weight excluding hydrogens is 399 g/mol. The van der Waals surface area contributed by atoms with Crippen molar-refractivity contribution in [2.45, 2.75) is 33.3 Å².